The largest absolute Gasteiger partial charge is 0.370 e. The van der Waals surface area contributed by atoms with Crippen molar-refractivity contribution in [2.75, 3.05) is 47.2 Å². The molecule has 4 rings (SSSR count). The third-order valence-corrected chi connectivity index (χ3v) is 9.17. The van der Waals surface area contributed by atoms with E-state index in [1.165, 1.54) is 31.3 Å². The molecular formula is C25H30N4O4S2. The molecule has 186 valence electrons. The molecule has 0 aliphatic carbocycles. The van der Waals surface area contributed by atoms with Crippen LogP contribution in [0.4, 0.5) is 17.1 Å². The summed E-state index contributed by atoms with van der Waals surface area (Å²) in [5.41, 5.74) is 2.20. The molecule has 1 aliphatic rings. The first-order chi connectivity index (χ1) is 16.7. The van der Waals surface area contributed by atoms with Gasteiger partial charge in [0.15, 0.2) is 0 Å². The van der Waals surface area contributed by atoms with Crippen molar-refractivity contribution in [2.45, 2.75) is 23.1 Å². The van der Waals surface area contributed by atoms with Gasteiger partial charge in [0.2, 0.25) is 0 Å². The molecule has 1 saturated heterocycles. The van der Waals surface area contributed by atoms with Gasteiger partial charge in [-0.25, -0.2) is 16.8 Å². The fraction of sp³-hybridized carbons (Fsp3) is 0.280. The molecule has 1 heterocycles. The number of sulfonamides is 2. The summed E-state index contributed by atoms with van der Waals surface area (Å²) in [5, 5.41) is 3.35. The van der Waals surface area contributed by atoms with E-state index in [0.29, 0.717) is 0 Å². The van der Waals surface area contributed by atoms with Gasteiger partial charge >= 0.3 is 0 Å². The standard InChI is InChI=1S/C25H30N4O4S2/c1-20-9-12-22(13-10-20)34(30,31)27-24-19-21(29-17-6-15-26-16-18-29)11-14-25(24)28(2)35(32,33)23-7-4-3-5-8-23/h3-5,7-14,19,26-27H,6,15-18H2,1-2H3. The highest BCUT2D eigenvalue weighted by Gasteiger charge is 2.26. The van der Waals surface area contributed by atoms with Crippen LogP contribution in [0.15, 0.2) is 82.6 Å². The van der Waals surface area contributed by atoms with Crippen molar-refractivity contribution >= 4 is 37.1 Å². The summed E-state index contributed by atoms with van der Waals surface area (Å²) in [5.74, 6) is 0. The SMILES string of the molecule is Cc1ccc(S(=O)(=O)Nc2cc(N3CCCNCC3)ccc2N(C)S(=O)(=O)c2ccccc2)cc1. The Balaban J connectivity index is 1.77. The summed E-state index contributed by atoms with van der Waals surface area (Å²) < 4.78 is 56.9. The van der Waals surface area contributed by atoms with Crippen LogP contribution in [0.3, 0.4) is 0 Å². The zero-order valence-electron chi connectivity index (χ0n) is 19.8. The topological polar surface area (TPSA) is 98.8 Å². The average Bonchev–Trinajstić information content (AvgIpc) is 3.14. The van der Waals surface area contributed by atoms with Crippen molar-refractivity contribution < 1.29 is 16.8 Å². The number of rotatable bonds is 7. The lowest BCUT2D eigenvalue weighted by Gasteiger charge is -2.27. The van der Waals surface area contributed by atoms with Gasteiger partial charge < -0.3 is 10.2 Å². The van der Waals surface area contributed by atoms with E-state index in [4.69, 9.17) is 0 Å². The fourth-order valence-corrected chi connectivity index (χ4v) is 6.28. The lowest BCUT2D eigenvalue weighted by atomic mass is 10.2. The normalized spacial score (nSPS) is 14.9. The molecule has 3 aromatic rings. The monoisotopic (exact) mass is 514 g/mol. The number of aryl methyl sites for hydroxylation is 1. The first-order valence-electron chi connectivity index (χ1n) is 11.4. The van der Waals surface area contributed by atoms with E-state index in [2.05, 4.69) is 14.9 Å². The third-order valence-electron chi connectivity index (χ3n) is 6.00. The average molecular weight is 515 g/mol. The van der Waals surface area contributed by atoms with Crippen LogP contribution in [-0.2, 0) is 20.0 Å². The summed E-state index contributed by atoms with van der Waals surface area (Å²) in [6.45, 7) is 5.19. The number of benzene rings is 3. The molecule has 0 spiro atoms. The van der Waals surface area contributed by atoms with Gasteiger partial charge in [-0.3, -0.25) is 9.03 Å². The van der Waals surface area contributed by atoms with Crippen LogP contribution in [0.2, 0.25) is 0 Å². The van der Waals surface area contributed by atoms with Crippen LogP contribution >= 0.6 is 0 Å². The van der Waals surface area contributed by atoms with E-state index in [9.17, 15) is 16.8 Å². The number of nitrogens with zero attached hydrogens (tertiary/aromatic N) is 2. The summed E-state index contributed by atoms with van der Waals surface area (Å²) >= 11 is 0. The van der Waals surface area contributed by atoms with E-state index >= 15 is 0 Å². The predicted octanol–water partition coefficient (Wildman–Crippen LogP) is 3.42. The van der Waals surface area contributed by atoms with Crippen LogP contribution in [0, 0.1) is 6.92 Å². The van der Waals surface area contributed by atoms with Gasteiger partial charge in [-0.05, 0) is 62.4 Å². The maximum Gasteiger partial charge on any atom is 0.264 e. The fourth-order valence-electron chi connectivity index (χ4n) is 3.98. The molecule has 0 saturated carbocycles. The molecule has 0 atom stereocenters. The van der Waals surface area contributed by atoms with E-state index in [-0.39, 0.29) is 21.2 Å². The van der Waals surface area contributed by atoms with Crippen LogP contribution in [0.1, 0.15) is 12.0 Å². The smallest absolute Gasteiger partial charge is 0.264 e. The Labute approximate surface area is 207 Å². The van der Waals surface area contributed by atoms with Gasteiger partial charge in [-0.2, -0.15) is 0 Å². The van der Waals surface area contributed by atoms with Crippen molar-refractivity contribution in [3.05, 3.63) is 78.4 Å². The Morgan fingerprint density at radius 3 is 2.29 bits per heavy atom. The molecule has 35 heavy (non-hydrogen) atoms. The molecule has 8 nitrogen and oxygen atoms in total. The van der Waals surface area contributed by atoms with Crippen molar-refractivity contribution in [3.8, 4) is 0 Å². The molecule has 10 heteroatoms. The Morgan fingerprint density at radius 1 is 0.857 bits per heavy atom. The first-order valence-corrected chi connectivity index (χ1v) is 14.3. The third kappa shape index (κ3) is 5.61. The summed E-state index contributed by atoms with van der Waals surface area (Å²) in [6, 6.07) is 19.8. The lowest BCUT2D eigenvalue weighted by molar-refractivity contribution is 0.593. The Hall–Kier alpha value is -3.08. The molecule has 0 aromatic heterocycles. The van der Waals surface area contributed by atoms with Crippen molar-refractivity contribution in [1.29, 1.82) is 0 Å². The van der Waals surface area contributed by atoms with Gasteiger partial charge in [0.05, 0.1) is 21.2 Å². The Bertz CT molecular complexity index is 1370. The van der Waals surface area contributed by atoms with Gasteiger partial charge in [0, 0.05) is 32.4 Å². The number of anilines is 3. The highest BCUT2D eigenvalue weighted by molar-refractivity contribution is 7.93. The van der Waals surface area contributed by atoms with Gasteiger partial charge in [-0.1, -0.05) is 35.9 Å². The minimum Gasteiger partial charge on any atom is -0.370 e. The second-order valence-corrected chi connectivity index (χ2v) is 12.1. The minimum absolute atomic E-state index is 0.104. The first kappa shape index (κ1) is 25.0. The molecule has 0 radical (unpaired) electrons. The van der Waals surface area contributed by atoms with E-state index in [0.717, 1.165) is 48.2 Å². The summed E-state index contributed by atoms with van der Waals surface area (Å²) in [4.78, 5) is 2.39. The molecule has 2 N–H and O–H groups in total. The number of hydrogen-bond donors (Lipinski definition) is 2. The molecule has 0 bridgehead atoms. The van der Waals surface area contributed by atoms with Gasteiger partial charge in [0.25, 0.3) is 20.0 Å². The van der Waals surface area contributed by atoms with Crippen LogP contribution in [-0.4, -0.2) is 50.1 Å². The second-order valence-electron chi connectivity index (χ2n) is 8.50. The molecular weight excluding hydrogens is 484 g/mol. The van der Waals surface area contributed by atoms with Crippen LogP contribution in [0.5, 0.6) is 0 Å². The summed E-state index contributed by atoms with van der Waals surface area (Å²) in [7, 11) is -6.43. The van der Waals surface area contributed by atoms with E-state index < -0.39 is 20.0 Å². The van der Waals surface area contributed by atoms with Gasteiger partial charge in [-0.15, -0.1) is 0 Å². The van der Waals surface area contributed by atoms with E-state index in [1.54, 1.807) is 42.5 Å². The van der Waals surface area contributed by atoms with Crippen LogP contribution in [0.25, 0.3) is 0 Å². The molecule has 1 fully saturated rings. The predicted molar refractivity (Wildman–Crippen MR) is 140 cm³/mol. The molecule has 1 aliphatic heterocycles. The summed E-state index contributed by atoms with van der Waals surface area (Å²) in [6.07, 6.45) is 0.953. The van der Waals surface area contributed by atoms with Crippen molar-refractivity contribution in [3.63, 3.8) is 0 Å². The Morgan fingerprint density at radius 2 is 1.57 bits per heavy atom. The highest BCUT2D eigenvalue weighted by Crippen LogP contribution is 2.35. The molecule has 0 unspecified atom stereocenters. The van der Waals surface area contributed by atoms with E-state index in [1.807, 2.05) is 13.0 Å². The minimum atomic E-state index is -3.95. The second kappa shape index (κ2) is 10.3. The zero-order valence-corrected chi connectivity index (χ0v) is 21.4. The molecule has 3 aromatic carbocycles. The Kier molecular flexibility index (Phi) is 7.34. The maximum absolute atomic E-state index is 13.3. The van der Waals surface area contributed by atoms with Crippen molar-refractivity contribution in [1.82, 2.24) is 5.32 Å². The highest BCUT2D eigenvalue weighted by atomic mass is 32.2. The van der Waals surface area contributed by atoms with Crippen molar-refractivity contribution in [2.24, 2.45) is 0 Å². The lowest BCUT2D eigenvalue weighted by Crippen LogP contribution is -2.29. The number of hydrogen-bond acceptors (Lipinski definition) is 6. The molecule has 0 amide bonds. The van der Waals surface area contributed by atoms with Gasteiger partial charge in [0.1, 0.15) is 0 Å². The number of nitrogens with one attached hydrogen (secondary N) is 2. The quantitative estimate of drug-likeness (QED) is 0.501. The maximum atomic E-state index is 13.3. The zero-order chi connectivity index (χ0) is 25.1. The van der Waals surface area contributed by atoms with Crippen LogP contribution < -0.4 is 19.2 Å².